The lowest BCUT2D eigenvalue weighted by Crippen LogP contribution is -2.62. The number of carbonyl (C=O) groups is 3. The van der Waals surface area contributed by atoms with Gasteiger partial charge in [0.05, 0.1) is 0 Å². The van der Waals surface area contributed by atoms with Gasteiger partial charge < -0.3 is 20.1 Å². The maximum Gasteiger partial charge on any atom is 0.407 e. The fourth-order valence-corrected chi connectivity index (χ4v) is 5.03. The zero-order valence-corrected chi connectivity index (χ0v) is 20.3. The number of carboxylic acids is 1. The summed E-state index contributed by atoms with van der Waals surface area (Å²) in [7, 11) is 0. The monoisotopic (exact) mass is 476 g/mol. The molecule has 1 saturated heterocycles. The maximum absolute atomic E-state index is 12.7. The summed E-state index contributed by atoms with van der Waals surface area (Å²) in [6, 6.07) is 16.3. The Balaban J connectivity index is 1.27. The van der Waals surface area contributed by atoms with Gasteiger partial charge in [0.1, 0.15) is 12.0 Å². The van der Waals surface area contributed by atoms with Crippen molar-refractivity contribution < 1.29 is 24.2 Å². The number of alkyl carbamates (subject to hydrolysis) is 1. The van der Waals surface area contributed by atoms with Gasteiger partial charge in [-0.05, 0) is 34.1 Å². The molecule has 0 radical (unpaired) electrons. The van der Waals surface area contributed by atoms with Crippen molar-refractivity contribution in [3.63, 3.8) is 0 Å². The van der Waals surface area contributed by atoms with E-state index in [-0.39, 0.29) is 44.5 Å². The number of benzene rings is 2. The van der Waals surface area contributed by atoms with Gasteiger partial charge in [0, 0.05) is 32.0 Å². The summed E-state index contributed by atoms with van der Waals surface area (Å²) in [5.74, 6) is -1.04. The number of likely N-dealkylation sites (tertiary alicyclic amines) is 1. The van der Waals surface area contributed by atoms with Crippen LogP contribution in [-0.4, -0.2) is 54.2 Å². The molecule has 0 atom stereocenters. The van der Waals surface area contributed by atoms with Gasteiger partial charge in [-0.1, -0.05) is 68.5 Å². The largest absolute Gasteiger partial charge is 0.481 e. The SMILES string of the molecule is C=CCC1(C(=O)O)CN(C(=O)CC(C)(C)CNC(=O)OCC2c3ccccc3-c3ccccc32)C1. The van der Waals surface area contributed by atoms with Crippen molar-refractivity contribution in [3.05, 3.63) is 72.3 Å². The topological polar surface area (TPSA) is 95.9 Å². The molecule has 184 valence electrons. The third-order valence-electron chi connectivity index (χ3n) is 7.01. The van der Waals surface area contributed by atoms with Crippen LogP contribution in [-0.2, 0) is 14.3 Å². The second-order valence-electron chi connectivity index (χ2n) is 10.3. The van der Waals surface area contributed by atoms with Crippen molar-refractivity contribution in [1.29, 1.82) is 0 Å². The molecule has 2 aliphatic rings. The second kappa shape index (κ2) is 9.56. The molecule has 7 nitrogen and oxygen atoms in total. The van der Waals surface area contributed by atoms with Crippen LogP contribution >= 0.6 is 0 Å². The highest BCUT2D eigenvalue weighted by Crippen LogP contribution is 2.44. The van der Waals surface area contributed by atoms with E-state index in [0.717, 1.165) is 11.1 Å². The van der Waals surface area contributed by atoms with Crippen molar-refractivity contribution in [2.24, 2.45) is 10.8 Å². The van der Waals surface area contributed by atoms with Crippen LogP contribution in [0.2, 0.25) is 0 Å². The number of carboxylic acid groups (broad SMARTS) is 1. The first kappa shape index (κ1) is 24.5. The summed E-state index contributed by atoms with van der Waals surface area (Å²) in [5, 5.41) is 12.3. The molecular formula is C28H32N2O5. The normalized spacial score (nSPS) is 16.0. The minimum absolute atomic E-state index is 0.0146. The Labute approximate surface area is 205 Å². The summed E-state index contributed by atoms with van der Waals surface area (Å²) in [5.41, 5.74) is 3.20. The molecule has 1 aliphatic carbocycles. The van der Waals surface area contributed by atoms with Crippen LogP contribution in [0.3, 0.4) is 0 Å². The molecule has 35 heavy (non-hydrogen) atoms. The summed E-state index contributed by atoms with van der Waals surface area (Å²) in [6.07, 6.45) is 1.59. The number of amides is 2. The molecule has 2 amide bonds. The molecule has 4 rings (SSSR count). The summed E-state index contributed by atoms with van der Waals surface area (Å²) in [6.45, 7) is 8.27. The Morgan fingerprint density at radius 2 is 1.69 bits per heavy atom. The lowest BCUT2D eigenvalue weighted by atomic mass is 9.76. The highest BCUT2D eigenvalue weighted by molar-refractivity contribution is 5.84. The quantitative estimate of drug-likeness (QED) is 0.522. The average Bonchev–Trinajstić information content (AvgIpc) is 3.11. The molecule has 0 unspecified atom stereocenters. The molecule has 1 fully saturated rings. The van der Waals surface area contributed by atoms with Gasteiger partial charge in [0.2, 0.25) is 5.91 Å². The van der Waals surface area contributed by atoms with Crippen LogP contribution in [0.15, 0.2) is 61.2 Å². The number of hydrogen-bond acceptors (Lipinski definition) is 4. The molecule has 1 heterocycles. The first-order valence-electron chi connectivity index (χ1n) is 11.9. The van der Waals surface area contributed by atoms with Gasteiger partial charge in [-0.25, -0.2) is 4.79 Å². The number of allylic oxidation sites excluding steroid dienone is 1. The Hall–Kier alpha value is -3.61. The molecule has 0 spiro atoms. The van der Waals surface area contributed by atoms with Crippen molar-refractivity contribution >= 4 is 18.0 Å². The van der Waals surface area contributed by atoms with Crippen molar-refractivity contribution in [2.75, 3.05) is 26.2 Å². The molecule has 7 heteroatoms. The molecule has 2 aromatic carbocycles. The van der Waals surface area contributed by atoms with E-state index >= 15 is 0 Å². The Morgan fingerprint density at radius 1 is 1.11 bits per heavy atom. The third kappa shape index (κ3) is 4.94. The van der Waals surface area contributed by atoms with Crippen LogP contribution in [0.1, 0.15) is 43.7 Å². The first-order valence-corrected chi connectivity index (χ1v) is 11.9. The molecule has 0 saturated carbocycles. The number of nitrogens with zero attached hydrogens (tertiary/aromatic N) is 1. The number of hydrogen-bond donors (Lipinski definition) is 2. The van der Waals surface area contributed by atoms with Gasteiger partial charge in [-0.3, -0.25) is 9.59 Å². The number of fused-ring (bicyclic) bond motifs is 3. The van der Waals surface area contributed by atoms with Gasteiger partial charge in [0.15, 0.2) is 0 Å². The molecule has 1 aliphatic heterocycles. The standard InChI is InChI=1S/C28H32N2O5/c1-4-13-28(25(32)33)17-30(18-28)24(31)14-27(2,3)16-29-26(34)35-15-23-21-11-7-5-9-19(21)20-10-6-8-12-22(20)23/h4-12,23H,1,13-18H2,2-3H3,(H,29,34)(H,32,33). The highest BCUT2D eigenvalue weighted by Gasteiger charge is 2.50. The summed E-state index contributed by atoms with van der Waals surface area (Å²) >= 11 is 0. The fourth-order valence-electron chi connectivity index (χ4n) is 5.03. The van der Waals surface area contributed by atoms with Crippen LogP contribution < -0.4 is 5.32 Å². The zero-order chi connectivity index (χ0) is 25.2. The fraction of sp³-hybridized carbons (Fsp3) is 0.393. The predicted molar refractivity (Wildman–Crippen MR) is 133 cm³/mol. The van der Waals surface area contributed by atoms with E-state index in [1.54, 1.807) is 11.0 Å². The average molecular weight is 477 g/mol. The van der Waals surface area contributed by atoms with Crippen molar-refractivity contribution in [1.82, 2.24) is 10.2 Å². The van der Waals surface area contributed by atoms with Crippen molar-refractivity contribution in [3.8, 4) is 11.1 Å². The summed E-state index contributed by atoms with van der Waals surface area (Å²) in [4.78, 5) is 38.3. The van der Waals surface area contributed by atoms with E-state index in [4.69, 9.17) is 4.74 Å². The predicted octanol–water partition coefficient (Wildman–Crippen LogP) is 4.43. The van der Waals surface area contributed by atoms with Gasteiger partial charge in [-0.2, -0.15) is 0 Å². The van der Waals surface area contributed by atoms with E-state index in [2.05, 4.69) is 36.2 Å². The molecule has 2 aromatic rings. The Kier molecular flexibility index (Phi) is 6.70. The number of nitrogens with one attached hydrogen (secondary N) is 1. The minimum atomic E-state index is -0.929. The lowest BCUT2D eigenvalue weighted by Gasteiger charge is -2.47. The van der Waals surface area contributed by atoms with Gasteiger partial charge in [0.25, 0.3) is 0 Å². The smallest absolute Gasteiger partial charge is 0.407 e. The van der Waals surface area contributed by atoms with Crippen LogP contribution in [0.25, 0.3) is 11.1 Å². The molecule has 2 N–H and O–H groups in total. The maximum atomic E-state index is 12.7. The second-order valence-corrected chi connectivity index (χ2v) is 10.3. The molecular weight excluding hydrogens is 444 g/mol. The third-order valence-corrected chi connectivity index (χ3v) is 7.01. The van der Waals surface area contributed by atoms with Crippen molar-refractivity contribution in [2.45, 2.75) is 32.6 Å². The van der Waals surface area contributed by atoms with E-state index in [1.807, 2.05) is 38.1 Å². The van der Waals surface area contributed by atoms with E-state index < -0.39 is 22.9 Å². The Morgan fingerprint density at radius 3 is 2.23 bits per heavy atom. The zero-order valence-electron chi connectivity index (χ0n) is 20.3. The van der Waals surface area contributed by atoms with Crippen LogP contribution in [0.4, 0.5) is 4.79 Å². The van der Waals surface area contributed by atoms with E-state index in [1.165, 1.54) is 11.1 Å². The molecule has 0 bridgehead atoms. The number of aliphatic carboxylic acids is 1. The van der Waals surface area contributed by atoms with E-state index in [9.17, 15) is 19.5 Å². The first-order chi connectivity index (χ1) is 16.7. The minimum Gasteiger partial charge on any atom is -0.481 e. The van der Waals surface area contributed by atoms with E-state index in [0.29, 0.717) is 6.42 Å². The molecule has 0 aromatic heterocycles. The number of rotatable bonds is 9. The summed E-state index contributed by atoms with van der Waals surface area (Å²) < 4.78 is 5.58. The van der Waals surface area contributed by atoms with Gasteiger partial charge >= 0.3 is 12.1 Å². The van der Waals surface area contributed by atoms with Gasteiger partial charge in [-0.15, -0.1) is 6.58 Å². The lowest BCUT2D eigenvalue weighted by molar-refractivity contribution is -0.166. The number of carbonyl (C=O) groups excluding carboxylic acids is 2. The highest BCUT2D eigenvalue weighted by atomic mass is 16.5. The van der Waals surface area contributed by atoms with Crippen LogP contribution in [0, 0.1) is 10.8 Å². The van der Waals surface area contributed by atoms with Crippen LogP contribution in [0.5, 0.6) is 0 Å². The number of ether oxygens (including phenoxy) is 1. The Bertz CT molecular complexity index is 1100.